The quantitative estimate of drug-likeness (QED) is 0.161. The summed E-state index contributed by atoms with van der Waals surface area (Å²) in [6, 6.07) is 7.42. The number of rotatable bonds is 7. The number of hydrogen-bond acceptors (Lipinski definition) is 2. The van der Waals surface area contributed by atoms with Crippen molar-refractivity contribution >= 4 is 60.5 Å². The molecule has 0 N–H and O–H groups in total. The minimum atomic E-state index is -1.12. The molecule has 0 amide bonds. The van der Waals surface area contributed by atoms with Crippen LogP contribution in [-0.4, -0.2) is 0 Å². The van der Waals surface area contributed by atoms with Gasteiger partial charge >= 0.3 is 0 Å². The molecule has 272 valence electrons. The van der Waals surface area contributed by atoms with E-state index >= 15 is 0 Å². The molecule has 10 aromatic carbocycles. The van der Waals surface area contributed by atoms with Crippen molar-refractivity contribution in [1.82, 2.24) is 0 Å². The zero-order chi connectivity index (χ0) is 57.6. The highest BCUT2D eigenvalue weighted by atomic mass is 16.3. The van der Waals surface area contributed by atoms with E-state index in [2.05, 4.69) is 0 Å². The van der Waals surface area contributed by atoms with Crippen molar-refractivity contribution in [3.05, 3.63) is 224 Å². The molecule has 0 unspecified atom stereocenters. The molecule has 0 saturated carbocycles. The van der Waals surface area contributed by atoms with Crippen LogP contribution in [0.3, 0.4) is 0 Å². The first-order valence-electron chi connectivity index (χ1n) is 29.0. The van der Waals surface area contributed by atoms with Gasteiger partial charge in [-0.05, 0) is 109 Å². The zero-order valence-corrected chi connectivity index (χ0v) is 30.0. The van der Waals surface area contributed by atoms with E-state index in [4.69, 9.17) is 18.1 Å². The Kier molecular flexibility index (Phi) is 4.40. The fourth-order valence-corrected chi connectivity index (χ4v) is 7.26. The number of fused-ring (bicyclic) bond motifs is 6. The standard InChI is InChI=1S/C56H37NO/c1-3-13-38(14-4-1)40-25-31-44(32-26-40)57(45-33-27-41(28-34-45)39-15-5-2-6-16-39)46-35-29-43(30-36-46)48-22-12-24-54-55(48)53-37-52(50-20-9-10-21-51(50)56(53)58-54)49-23-11-18-42-17-7-8-19-47(42)49/h1-37H/i1D,2D,3D,4D,5D,6D,13D,14D,15D,16D,25D,26D,27D,28D,29D,30D,31D,32D,33D,34D,35D,36D. The van der Waals surface area contributed by atoms with Crippen LogP contribution in [0.5, 0.6) is 0 Å². The van der Waals surface area contributed by atoms with Gasteiger partial charge in [-0.1, -0.05) is 176 Å². The SMILES string of the molecule is [2H]c1c([2H])c([2H])c(-c2c([2H])c([2H])c(N(c3c([2H])c([2H])c(-c4c([2H])c([2H])c([2H])c([2H])c4[2H])c([2H])c3[2H])c3c([2H])c([2H])c(-c4cccc5oc6c7ccccc7c(-c7cccc8ccccc78)cc6c45)c([2H])c3[2H])c([2H])c2[2H])c([2H])c1[2H]. The molecule has 0 aliphatic heterocycles. The number of nitrogens with zero attached hydrogens (tertiary/aromatic N) is 1. The molecule has 2 nitrogen and oxygen atoms in total. The van der Waals surface area contributed by atoms with Gasteiger partial charge in [0.2, 0.25) is 0 Å². The summed E-state index contributed by atoms with van der Waals surface area (Å²) in [6.45, 7) is 0. The Hall–Kier alpha value is -7.68. The van der Waals surface area contributed by atoms with Crippen molar-refractivity contribution in [1.29, 1.82) is 0 Å². The molecule has 0 saturated heterocycles. The topological polar surface area (TPSA) is 16.4 Å². The highest BCUT2D eigenvalue weighted by Crippen LogP contribution is 2.45. The average Bonchev–Trinajstić information content (AvgIpc) is 3.98. The first kappa shape index (κ1) is 18.1. The summed E-state index contributed by atoms with van der Waals surface area (Å²) in [6.07, 6.45) is 0. The summed E-state index contributed by atoms with van der Waals surface area (Å²) >= 11 is 0. The van der Waals surface area contributed by atoms with Gasteiger partial charge in [0, 0.05) is 33.2 Å². The number of furan rings is 1. The van der Waals surface area contributed by atoms with Crippen LogP contribution in [0.1, 0.15) is 30.2 Å². The van der Waals surface area contributed by atoms with Gasteiger partial charge in [-0.15, -0.1) is 0 Å². The maximum absolute atomic E-state index is 9.81. The van der Waals surface area contributed by atoms with Gasteiger partial charge in [0.05, 0.1) is 30.2 Å². The highest BCUT2D eigenvalue weighted by Gasteiger charge is 2.20. The van der Waals surface area contributed by atoms with E-state index in [1.807, 2.05) is 72.8 Å². The van der Waals surface area contributed by atoms with Crippen LogP contribution < -0.4 is 4.90 Å². The van der Waals surface area contributed by atoms with Gasteiger partial charge in [0.25, 0.3) is 0 Å². The Morgan fingerprint density at radius 1 is 0.362 bits per heavy atom. The maximum Gasteiger partial charge on any atom is 0.143 e. The molecule has 1 aromatic heterocycles. The summed E-state index contributed by atoms with van der Waals surface area (Å²) < 4.78 is 205. The predicted octanol–water partition coefficient (Wildman–Crippen LogP) is 16.0. The largest absolute Gasteiger partial charge is 0.455 e. The minimum Gasteiger partial charge on any atom is -0.455 e. The second-order valence-electron chi connectivity index (χ2n) is 13.2. The smallest absolute Gasteiger partial charge is 0.143 e. The monoisotopic (exact) mass is 761 g/mol. The van der Waals surface area contributed by atoms with Crippen LogP contribution in [0.25, 0.3) is 88.0 Å². The fraction of sp³-hybridized carbons (Fsp3) is 0. The molecule has 0 aliphatic carbocycles. The molecule has 0 aliphatic rings. The van der Waals surface area contributed by atoms with Crippen LogP contribution in [-0.2, 0) is 0 Å². The third kappa shape index (κ3) is 5.82. The Labute approximate surface area is 368 Å². The van der Waals surface area contributed by atoms with Gasteiger partial charge in [-0.3, -0.25) is 0 Å². The predicted molar refractivity (Wildman–Crippen MR) is 245 cm³/mol. The van der Waals surface area contributed by atoms with Gasteiger partial charge < -0.3 is 9.32 Å². The van der Waals surface area contributed by atoms with E-state index in [-0.39, 0.29) is 11.1 Å². The van der Waals surface area contributed by atoms with Gasteiger partial charge in [0.15, 0.2) is 0 Å². The molecule has 58 heavy (non-hydrogen) atoms. The van der Waals surface area contributed by atoms with Crippen molar-refractivity contribution in [2.75, 3.05) is 4.90 Å². The van der Waals surface area contributed by atoms with Crippen molar-refractivity contribution in [2.45, 2.75) is 0 Å². The van der Waals surface area contributed by atoms with Crippen molar-refractivity contribution in [3.63, 3.8) is 0 Å². The molecule has 0 radical (unpaired) electrons. The molecular formula is C56H37NO. The van der Waals surface area contributed by atoms with E-state index in [9.17, 15) is 16.4 Å². The molecule has 11 aromatic rings. The molecule has 11 rings (SSSR count). The molecule has 2 heteroatoms. The lowest BCUT2D eigenvalue weighted by Crippen LogP contribution is -2.09. The third-order valence-corrected chi connectivity index (χ3v) is 9.86. The number of hydrogen-bond donors (Lipinski definition) is 0. The molecule has 0 bridgehead atoms. The maximum atomic E-state index is 9.81. The molecule has 0 fully saturated rings. The molecule has 0 spiro atoms. The normalized spacial score (nSPS) is 16.8. The second kappa shape index (κ2) is 14.1. The van der Waals surface area contributed by atoms with E-state index in [1.165, 1.54) is 0 Å². The average molecular weight is 762 g/mol. The molecular weight excluding hydrogens is 703 g/mol. The number of benzene rings is 10. The lowest BCUT2D eigenvalue weighted by atomic mass is 9.91. The minimum absolute atomic E-state index is 0.162. The lowest BCUT2D eigenvalue weighted by molar-refractivity contribution is 0.673. The second-order valence-corrected chi connectivity index (χ2v) is 13.2. The van der Waals surface area contributed by atoms with E-state index < -0.39 is 172 Å². The van der Waals surface area contributed by atoms with Crippen LogP contribution in [0.2, 0.25) is 0 Å². The Bertz CT molecular complexity index is 4300. The molecule has 0 atom stereocenters. The summed E-state index contributed by atoms with van der Waals surface area (Å²) in [7, 11) is 0. The summed E-state index contributed by atoms with van der Waals surface area (Å²) in [5, 5.41) is 4.48. The van der Waals surface area contributed by atoms with Crippen molar-refractivity contribution in [2.24, 2.45) is 0 Å². The Balaban J connectivity index is 1.23. The van der Waals surface area contributed by atoms with E-state index in [0.29, 0.717) is 26.8 Å². The van der Waals surface area contributed by atoms with Crippen LogP contribution in [0.4, 0.5) is 17.1 Å². The van der Waals surface area contributed by atoms with Crippen LogP contribution in [0.15, 0.2) is 228 Å². The zero-order valence-electron chi connectivity index (χ0n) is 52.0. The van der Waals surface area contributed by atoms with Crippen molar-refractivity contribution < 1.29 is 34.6 Å². The van der Waals surface area contributed by atoms with Crippen molar-refractivity contribution in [3.8, 4) is 44.5 Å². The Morgan fingerprint density at radius 3 is 1.47 bits per heavy atom. The highest BCUT2D eigenvalue weighted by molar-refractivity contribution is 6.23. The van der Waals surface area contributed by atoms with Gasteiger partial charge in [-0.25, -0.2) is 0 Å². The van der Waals surface area contributed by atoms with Crippen LogP contribution in [0, 0.1) is 0 Å². The summed E-state index contributed by atoms with van der Waals surface area (Å²) in [5.74, 6) is 0. The summed E-state index contributed by atoms with van der Waals surface area (Å²) in [4.78, 5) is 0.500. The fourth-order valence-electron chi connectivity index (χ4n) is 7.26. The molecule has 1 heterocycles. The third-order valence-electron chi connectivity index (χ3n) is 9.86. The summed E-state index contributed by atoms with van der Waals surface area (Å²) in [5.41, 5.74) is -3.57. The van der Waals surface area contributed by atoms with Gasteiger partial charge in [-0.2, -0.15) is 0 Å². The van der Waals surface area contributed by atoms with Crippen LogP contribution >= 0.6 is 0 Å². The first-order chi connectivity index (χ1) is 37.9. The Morgan fingerprint density at radius 2 is 0.845 bits per heavy atom. The first-order valence-corrected chi connectivity index (χ1v) is 18.0. The van der Waals surface area contributed by atoms with E-state index in [0.717, 1.165) is 32.7 Å². The number of anilines is 3. The lowest BCUT2D eigenvalue weighted by Gasteiger charge is -2.26. The van der Waals surface area contributed by atoms with Gasteiger partial charge in [0.1, 0.15) is 11.2 Å². The van der Waals surface area contributed by atoms with E-state index in [1.54, 1.807) is 18.2 Å².